The molecule has 2 aromatic carbocycles. The Labute approximate surface area is 178 Å². The van der Waals surface area contributed by atoms with Gasteiger partial charge in [0.1, 0.15) is 5.75 Å². The molecule has 0 aromatic heterocycles. The number of hydrogen-bond acceptors (Lipinski definition) is 4. The molecule has 0 saturated carbocycles. The first-order valence-electron chi connectivity index (χ1n) is 11.0. The smallest absolute Gasteiger partial charge is 0.292 e. The third kappa shape index (κ3) is 3.72. The molecule has 1 spiro atoms. The highest BCUT2D eigenvalue weighted by Crippen LogP contribution is 2.48. The van der Waals surface area contributed by atoms with Gasteiger partial charge in [-0.1, -0.05) is 49.6 Å². The molecule has 5 heteroatoms. The van der Waals surface area contributed by atoms with E-state index in [0.29, 0.717) is 26.4 Å². The Morgan fingerprint density at radius 2 is 1.87 bits per heavy atom. The quantitative estimate of drug-likeness (QED) is 0.603. The van der Waals surface area contributed by atoms with Crippen LogP contribution in [0.5, 0.6) is 5.75 Å². The standard InChI is InChI=1S/C25H31NO4/c1-4-5-8-12-28-22-11-7-6-10-20(22)17-26-23-19(3)15-18(2)16-21(23)25(24(26)27)29-13-9-14-30-25/h6-7,10-11,15-16H,4-5,8-9,12-14,17H2,1-3H3. The Morgan fingerprint density at radius 1 is 1.10 bits per heavy atom. The summed E-state index contributed by atoms with van der Waals surface area (Å²) in [5, 5.41) is 0. The van der Waals surface area contributed by atoms with Gasteiger partial charge < -0.3 is 19.1 Å². The number of ether oxygens (including phenoxy) is 3. The third-order valence-electron chi connectivity index (χ3n) is 5.80. The van der Waals surface area contributed by atoms with Gasteiger partial charge in [-0.15, -0.1) is 0 Å². The first-order chi connectivity index (χ1) is 14.6. The normalized spacial score (nSPS) is 17.4. The van der Waals surface area contributed by atoms with E-state index in [1.807, 2.05) is 49.1 Å². The van der Waals surface area contributed by atoms with Gasteiger partial charge in [0.05, 0.1) is 32.1 Å². The number of unbranched alkanes of at least 4 members (excludes halogenated alkanes) is 2. The molecule has 2 aliphatic heterocycles. The lowest BCUT2D eigenvalue weighted by Crippen LogP contribution is -2.47. The number of rotatable bonds is 7. The molecule has 0 unspecified atom stereocenters. The van der Waals surface area contributed by atoms with E-state index in [-0.39, 0.29) is 5.91 Å². The van der Waals surface area contributed by atoms with Gasteiger partial charge >= 0.3 is 0 Å². The summed E-state index contributed by atoms with van der Waals surface area (Å²) in [7, 11) is 0. The van der Waals surface area contributed by atoms with Crippen molar-refractivity contribution in [3.8, 4) is 5.75 Å². The van der Waals surface area contributed by atoms with Crippen LogP contribution in [-0.2, 0) is 26.6 Å². The lowest BCUT2D eigenvalue weighted by molar-refractivity contribution is -0.256. The lowest BCUT2D eigenvalue weighted by atomic mass is 10.00. The van der Waals surface area contributed by atoms with Crippen molar-refractivity contribution in [1.82, 2.24) is 0 Å². The summed E-state index contributed by atoms with van der Waals surface area (Å²) in [6, 6.07) is 12.1. The molecule has 1 saturated heterocycles. The number of para-hydroxylation sites is 1. The summed E-state index contributed by atoms with van der Waals surface area (Å²) in [4.78, 5) is 15.5. The molecule has 2 aliphatic rings. The number of benzene rings is 2. The minimum Gasteiger partial charge on any atom is -0.493 e. The summed E-state index contributed by atoms with van der Waals surface area (Å²) in [6.45, 7) is 8.40. The van der Waals surface area contributed by atoms with Crippen LogP contribution in [0.3, 0.4) is 0 Å². The maximum Gasteiger partial charge on any atom is 0.292 e. The topological polar surface area (TPSA) is 48.0 Å². The zero-order chi connectivity index (χ0) is 21.1. The number of aryl methyl sites for hydroxylation is 2. The van der Waals surface area contributed by atoms with Gasteiger partial charge in [0.25, 0.3) is 11.7 Å². The number of carbonyl (C=O) groups excluding carboxylic acids is 1. The van der Waals surface area contributed by atoms with Gasteiger partial charge in [0.2, 0.25) is 0 Å². The number of amides is 1. The van der Waals surface area contributed by atoms with Crippen molar-refractivity contribution in [2.24, 2.45) is 0 Å². The molecule has 2 aromatic rings. The first kappa shape index (κ1) is 20.9. The number of nitrogens with zero attached hydrogens (tertiary/aromatic N) is 1. The fraction of sp³-hybridized carbons (Fsp3) is 0.480. The summed E-state index contributed by atoms with van der Waals surface area (Å²) in [6.07, 6.45) is 4.13. The minimum atomic E-state index is -1.32. The highest BCUT2D eigenvalue weighted by molar-refractivity contribution is 6.07. The van der Waals surface area contributed by atoms with Crippen LogP contribution in [-0.4, -0.2) is 25.7 Å². The summed E-state index contributed by atoms with van der Waals surface area (Å²) >= 11 is 0. The number of anilines is 1. The summed E-state index contributed by atoms with van der Waals surface area (Å²) < 4.78 is 18.1. The van der Waals surface area contributed by atoms with Crippen molar-refractivity contribution in [3.63, 3.8) is 0 Å². The lowest BCUT2D eigenvalue weighted by Gasteiger charge is -2.32. The molecule has 2 heterocycles. The van der Waals surface area contributed by atoms with E-state index in [1.165, 1.54) is 0 Å². The highest BCUT2D eigenvalue weighted by Gasteiger charge is 2.55. The largest absolute Gasteiger partial charge is 0.493 e. The van der Waals surface area contributed by atoms with Crippen LogP contribution in [0, 0.1) is 13.8 Å². The van der Waals surface area contributed by atoms with E-state index >= 15 is 0 Å². The Balaban J connectivity index is 1.67. The molecule has 1 fully saturated rings. The van der Waals surface area contributed by atoms with Crippen molar-refractivity contribution >= 4 is 11.6 Å². The molecule has 30 heavy (non-hydrogen) atoms. The van der Waals surface area contributed by atoms with E-state index in [2.05, 4.69) is 13.0 Å². The second kappa shape index (κ2) is 8.78. The molecule has 0 N–H and O–H groups in total. The van der Waals surface area contributed by atoms with E-state index in [4.69, 9.17) is 14.2 Å². The number of fused-ring (bicyclic) bond motifs is 2. The van der Waals surface area contributed by atoms with Crippen molar-refractivity contribution in [1.29, 1.82) is 0 Å². The van der Waals surface area contributed by atoms with Crippen molar-refractivity contribution < 1.29 is 19.0 Å². The van der Waals surface area contributed by atoms with Gasteiger partial charge in [0.15, 0.2) is 0 Å². The molecule has 0 radical (unpaired) electrons. The Morgan fingerprint density at radius 3 is 2.63 bits per heavy atom. The summed E-state index contributed by atoms with van der Waals surface area (Å²) in [5.41, 5.74) is 4.85. The molecule has 0 aliphatic carbocycles. The van der Waals surface area contributed by atoms with Crippen LogP contribution < -0.4 is 9.64 Å². The molecule has 160 valence electrons. The van der Waals surface area contributed by atoms with Gasteiger partial charge in [-0.2, -0.15) is 0 Å². The van der Waals surface area contributed by atoms with Gasteiger partial charge in [-0.25, -0.2) is 0 Å². The molecule has 5 nitrogen and oxygen atoms in total. The van der Waals surface area contributed by atoms with Gasteiger partial charge in [0, 0.05) is 11.1 Å². The Bertz CT molecular complexity index is 917. The molecule has 4 rings (SSSR count). The maximum atomic E-state index is 13.7. The van der Waals surface area contributed by atoms with Crippen molar-refractivity contribution in [2.75, 3.05) is 24.7 Å². The van der Waals surface area contributed by atoms with Crippen LogP contribution in [0.4, 0.5) is 5.69 Å². The molecule has 1 amide bonds. The average Bonchev–Trinajstić information content (AvgIpc) is 2.96. The fourth-order valence-electron chi connectivity index (χ4n) is 4.41. The van der Waals surface area contributed by atoms with Crippen molar-refractivity contribution in [2.45, 2.75) is 58.8 Å². The van der Waals surface area contributed by atoms with Crippen LogP contribution in [0.25, 0.3) is 0 Å². The SMILES string of the molecule is CCCCCOc1ccccc1CN1C(=O)C2(OCCCO2)c2cc(C)cc(C)c21. The maximum absolute atomic E-state index is 13.7. The molecule has 0 atom stereocenters. The van der Waals surface area contributed by atoms with E-state index in [9.17, 15) is 4.79 Å². The van der Waals surface area contributed by atoms with Crippen molar-refractivity contribution in [3.05, 3.63) is 58.7 Å². The number of hydrogen-bond donors (Lipinski definition) is 0. The van der Waals surface area contributed by atoms with Crippen LogP contribution in [0.15, 0.2) is 36.4 Å². The fourth-order valence-corrected chi connectivity index (χ4v) is 4.41. The van der Waals surface area contributed by atoms with E-state index in [0.717, 1.165) is 59.4 Å². The zero-order valence-corrected chi connectivity index (χ0v) is 18.2. The molecular formula is C25H31NO4. The Hall–Kier alpha value is -2.37. The summed E-state index contributed by atoms with van der Waals surface area (Å²) in [5.74, 6) is -0.632. The average molecular weight is 410 g/mol. The second-order valence-electron chi connectivity index (χ2n) is 8.20. The highest BCUT2D eigenvalue weighted by atomic mass is 16.7. The predicted molar refractivity (Wildman–Crippen MR) is 117 cm³/mol. The molecule has 0 bridgehead atoms. The predicted octanol–water partition coefficient (Wildman–Crippen LogP) is 5.01. The monoisotopic (exact) mass is 409 g/mol. The Kier molecular flexibility index (Phi) is 6.11. The van der Waals surface area contributed by atoms with Crippen LogP contribution in [0.2, 0.25) is 0 Å². The molecular weight excluding hydrogens is 378 g/mol. The minimum absolute atomic E-state index is 0.147. The number of carbonyl (C=O) groups is 1. The van der Waals surface area contributed by atoms with Crippen LogP contribution in [0.1, 0.15) is 54.9 Å². The zero-order valence-electron chi connectivity index (χ0n) is 18.2. The third-order valence-corrected chi connectivity index (χ3v) is 5.80. The van der Waals surface area contributed by atoms with Gasteiger partial charge in [-0.3, -0.25) is 4.79 Å². The van der Waals surface area contributed by atoms with E-state index < -0.39 is 5.79 Å². The van der Waals surface area contributed by atoms with Crippen LogP contribution >= 0.6 is 0 Å². The van der Waals surface area contributed by atoms with E-state index in [1.54, 1.807) is 0 Å². The second-order valence-corrected chi connectivity index (χ2v) is 8.20. The first-order valence-corrected chi connectivity index (χ1v) is 11.0. The van der Waals surface area contributed by atoms with Gasteiger partial charge in [-0.05, 0) is 44.4 Å².